The third-order valence-corrected chi connectivity index (χ3v) is 9.81. The molecule has 2 aliphatic carbocycles. The number of rotatable bonds is 3. The van der Waals surface area contributed by atoms with Crippen molar-refractivity contribution in [2.24, 2.45) is 11.8 Å². The summed E-state index contributed by atoms with van der Waals surface area (Å²) in [5, 5.41) is 0. The van der Waals surface area contributed by atoms with E-state index in [4.69, 9.17) is 0 Å². The maximum atomic E-state index is 14.1. The van der Waals surface area contributed by atoms with E-state index >= 15 is 0 Å². The zero-order valence-corrected chi connectivity index (χ0v) is 21.2. The van der Waals surface area contributed by atoms with Crippen LogP contribution in [0.3, 0.4) is 0 Å². The average molecular weight is 503 g/mol. The molecule has 0 unspecified atom stereocenters. The lowest BCUT2D eigenvalue weighted by molar-refractivity contribution is -0.0485. The second-order valence-electron chi connectivity index (χ2n) is 12.0. The maximum absolute atomic E-state index is 14.1. The first kappa shape index (κ1) is 23.3. The molecule has 0 amide bonds. The molecule has 2 saturated heterocycles. The molecule has 1 aromatic carbocycles. The van der Waals surface area contributed by atoms with E-state index in [1.165, 1.54) is 57.8 Å². The normalized spacial score (nSPS) is 31.9. The van der Waals surface area contributed by atoms with Gasteiger partial charge in [-0.3, -0.25) is 14.5 Å². The highest BCUT2D eigenvalue weighted by atomic mass is 19.1. The molecule has 1 N–H and O–H groups in total. The van der Waals surface area contributed by atoms with E-state index in [1.807, 2.05) is 28.8 Å². The fraction of sp³-hybridized carbons (Fsp3) is 0.567. The number of fused-ring (bicyclic) bond motifs is 5. The summed E-state index contributed by atoms with van der Waals surface area (Å²) in [6.07, 6.45) is 14.9. The van der Waals surface area contributed by atoms with Gasteiger partial charge in [0.05, 0.1) is 16.6 Å². The summed E-state index contributed by atoms with van der Waals surface area (Å²) < 4.78 is 16.0. The number of hydrogen-bond donors (Lipinski definition) is 1. The van der Waals surface area contributed by atoms with E-state index in [-0.39, 0.29) is 22.9 Å². The first-order valence-electron chi connectivity index (χ1n) is 14.2. The molecule has 7 rings (SSSR count). The number of piperidine rings is 2. The first-order valence-corrected chi connectivity index (χ1v) is 14.2. The summed E-state index contributed by atoms with van der Waals surface area (Å²) in [5.41, 5.74) is 0.699. The summed E-state index contributed by atoms with van der Waals surface area (Å²) in [6.45, 7) is 0. The Morgan fingerprint density at radius 3 is 2.30 bits per heavy atom. The minimum atomic E-state index is -0.587. The SMILES string of the molecule is O=c1[nH]cc(F)cc1-c1nc2ccccc2n([C@H]2C[C@H]3CCC[C@@H](C2)N3[C@H]2C[C@@H]3CCC[C@@H](C3)C2)c1=O. The highest BCUT2D eigenvalue weighted by molar-refractivity contribution is 5.77. The molecule has 194 valence electrons. The zero-order valence-electron chi connectivity index (χ0n) is 21.2. The Balaban J connectivity index is 1.28. The maximum Gasteiger partial charge on any atom is 0.278 e. The van der Waals surface area contributed by atoms with E-state index in [2.05, 4.69) is 14.9 Å². The van der Waals surface area contributed by atoms with Crippen molar-refractivity contribution in [1.82, 2.24) is 19.4 Å². The van der Waals surface area contributed by atoms with Crippen LogP contribution in [0.5, 0.6) is 0 Å². The predicted octanol–water partition coefficient (Wildman–Crippen LogP) is 5.42. The van der Waals surface area contributed by atoms with Crippen LogP contribution < -0.4 is 11.1 Å². The molecule has 4 bridgehead atoms. The van der Waals surface area contributed by atoms with Crippen molar-refractivity contribution in [2.75, 3.05) is 0 Å². The van der Waals surface area contributed by atoms with Crippen LogP contribution in [-0.2, 0) is 0 Å². The van der Waals surface area contributed by atoms with Crippen molar-refractivity contribution in [3.05, 3.63) is 63.1 Å². The molecule has 2 aliphatic heterocycles. The van der Waals surface area contributed by atoms with Crippen LogP contribution in [0, 0.1) is 17.7 Å². The highest BCUT2D eigenvalue weighted by Gasteiger charge is 2.45. The van der Waals surface area contributed by atoms with Gasteiger partial charge in [-0.15, -0.1) is 0 Å². The molecule has 4 fully saturated rings. The molecule has 2 aromatic heterocycles. The van der Waals surface area contributed by atoms with Gasteiger partial charge in [-0.2, -0.15) is 0 Å². The Morgan fingerprint density at radius 2 is 1.54 bits per heavy atom. The van der Waals surface area contributed by atoms with Gasteiger partial charge in [-0.05, 0) is 75.0 Å². The molecule has 0 spiro atoms. The lowest BCUT2D eigenvalue weighted by Crippen LogP contribution is -2.58. The summed E-state index contributed by atoms with van der Waals surface area (Å²) >= 11 is 0. The molecule has 37 heavy (non-hydrogen) atoms. The van der Waals surface area contributed by atoms with Gasteiger partial charge in [0, 0.05) is 30.4 Å². The monoisotopic (exact) mass is 502 g/mol. The highest BCUT2D eigenvalue weighted by Crippen LogP contribution is 2.47. The van der Waals surface area contributed by atoms with Gasteiger partial charge in [-0.1, -0.05) is 37.8 Å². The zero-order chi connectivity index (χ0) is 25.1. The van der Waals surface area contributed by atoms with Crippen LogP contribution in [0.2, 0.25) is 0 Å². The van der Waals surface area contributed by atoms with Crippen molar-refractivity contribution in [3.8, 4) is 11.3 Å². The largest absolute Gasteiger partial charge is 0.326 e. The number of halogens is 1. The van der Waals surface area contributed by atoms with Crippen molar-refractivity contribution >= 4 is 11.0 Å². The summed E-state index contributed by atoms with van der Waals surface area (Å²) in [7, 11) is 0. The Hall–Kier alpha value is -2.80. The number of aromatic amines is 1. The molecule has 2 saturated carbocycles. The van der Waals surface area contributed by atoms with Crippen LogP contribution in [0.4, 0.5) is 4.39 Å². The minimum Gasteiger partial charge on any atom is -0.326 e. The fourth-order valence-electron chi connectivity index (χ4n) is 8.46. The van der Waals surface area contributed by atoms with Crippen molar-refractivity contribution in [1.29, 1.82) is 0 Å². The predicted molar refractivity (Wildman–Crippen MR) is 142 cm³/mol. The Kier molecular flexibility index (Phi) is 5.79. The average Bonchev–Trinajstić information content (AvgIpc) is 2.89. The smallest absolute Gasteiger partial charge is 0.278 e. The number of para-hydroxylation sites is 2. The third-order valence-electron chi connectivity index (χ3n) is 9.81. The topological polar surface area (TPSA) is 71.0 Å². The van der Waals surface area contributed by atoms with Gasteiger partial charge in [0.2, 0.25) is 0 Å². The molecule has 6 nitrogen and oxygen atoms in total. The summed E-state index contributed by atoms with van der Waals surface area (Å²) in [5.74, 6) is 1.21. The molecular formula is C30H35FN4O2. The lowest BCUT2D eigenvalue weighted by Gasteiger charge is -2.55. The van der Waals surface area contributed by atoms with E-state index < -0.39 is 11.4 Å². The lowest BCUT2D eigenvalue weighted by atomic mass is 9.68. The van der Waals surface area contributed by atoms with Crippen molar-refractivity contribution in [2.45, 2.75) is 94.8 Å². The second-order valence-corrected chi connectivity index (χ2v) is 12.0. The number of H-pyrrole nitrogens is 1. The number of nitrogens with one attached hydrogen (secondary N) is 1. The number of aromatic nitrogens is 3. The van der Waals surface area contributed by atoms with Crippen molar-refractivity contribution in [3.63, 3.8) is 0 Å². The molecule has 7 heteroatoms. The molecule has 4 aliphatic rings. The van der Waals surface area contributed by atoms with Gasteiger partial charge in [0.15, 0.2) is 0 Å². The molecule has 6 atom stereocenters. The molecule has 0 radical (unpaired) electrons. The molecular weight excluding hydrogens is 467 g/mol. The molecule has 4 heterocycles. The minimum absolute atomic E-state index is 0.00382. The van der Waals surface area contributed by atoms with E-state index in [0.29, 0.717) is 23.6 Å². The van der Waals surface area contributed by atoms with Gasteiger partial charge in [-0.25, -0.2) is 9.37 Å². The Morgan fingerprint density at radius 1 is 0.838 bits per heavy atom. The number of nitrogens with zero attached hydrogens (tertiary/aromatic N) is 3. The van der Waals surface area contributed by atoms with Gasteiger partial charge in [0.25, 0.3) is 11.1 Å². The van der Waals surface area contributed by atoms with Crippen LogP contribution >= 0.6 is 0 Å². The standard InChI is InChI=1S/C30H35FN4O2/c31-20-14-25(29(36)32-17-20)28-30(37)35(27-10-2-1-9-26(27)33-28)24-15-21-7-4-8-22(16-24)34(21)23-12-18-5-3-6-19(11-18)13-23/h1-2,9-10,14,17-19,21-24H,3-8,11-13,15-16H2,(H,32,36)/t18-,19+,21-,22+,23+,24+. The quantitative estimate of drug-likeness (QED) is 0.519. The number of pyridine rings is 1. The number of hydrogen-bond acceptors (Lipinski definition) is 4. The van der Waals surface area contributed by atoms with Crippen LogP contribution in [-0.4, -0.2) is 37.6 Å². The molecule has 3 aromatic rings. The van der Waals surface area contributed by atoms with Crippen LogP contribution in [0.25, 0.3) is 22.3 Å². The first-order chi connectivity index (χ1) is 18.0. The summed E-state index contributed by atoms with van der Waals surface area (Å²) in [6, 6.07) is 10.5. The van der Waals surface area contributed by atoms with Crippen molar-refractivity contribution < 1.29 is 4.39 Å². The van der Waals surface area contributed by atoms with Gasteiger partial charge in [0.1, 0.15) is 11.5 Å². The van der Waals surface area contributed by atoms with E-state index in [9.17, 15) is 14.0 Å². The van der Waals surface area contributed by atoms with Crippen LogP contribution in [0.15, 0.2) is 46.1 Å². The Bertz CT molecular complexity index is 1420. The number of benzene rings is 1. The van der Waals surface area contributed by atoms with Gasteiger partial charge < -0.3 is 9.55 Å². The third kappa shape index (κ3) is 4.06. The Labute approximate surface area is 215 Å². The van der Waals surface area contributed by atoms with E-state index in [0.717, 1.165) is 42.5 Å². The van der Waals surface area contributed by atoms with Gasteiger partial charge >= 0.3 is 0 Å². The summed E-state index contributed by atoms with van der Waals surface area (Å²) in [4.78, 5) is 36.4. The van der Waals surface area contributed by atoms with Crippen LogP contribution in [0.1, 0.15) is 76.7 Å². The van der Waals surface area contributed by atoms with E-state index in [1.54, 1.807) is 0 Å². The second kappa shape index (κ2) is 9.19. The fourth-order valence-corrected chi connectivity index (χ4v) is 8.46.